The number of carboxylic acids is 1. The number of nitrogens with two attached hydrogens (primary N) is 2. The zero-order valence-corrected chi connectivity index (χ0v) is 19.6. The number of nitrogen functional groups attached to an aromatic ring is 1. The molecule has 0 spiro atoms. The minimum Gasteiger partial charge on any atom is -0.481 e. The molecule has 0 atom stereocenters. The van der Waals surface area contributed by atoms with Gasteiger partial charge in [-0.15, -0.1) is 0 Å². The third-order valence-corrected chi connectivity index (χ3v) is 6.22. The van der Waals surface area contributed by atoms with Crippen LogP contribution in [0.15, 0.2) is 58.6 Å². The van der Waals surface area contributed by atoms with Crippen molar-refractivity contribution in [3.8, 4) is 17.3 Å². The third kappa shape index (κ3) is 5.88. The molecule has 1 aliphatic carbocycles. The number of hydrogen-bond acceptors (Lipinski definition) is 9. The van der Waals surface area contributed by atoms with E-state index in [-0.39, 0.29) is 17.8 Å². The van der Waals surface area contributed by atoms with Crippen LogP contribution in [0.3, 0.4) is 0 Å². The number of carbonyl (C=O) groups is 1. The summed E-state index contributed by atoms with van der Waals surface area (Å²) in [5.41, 5.74) is 10.2. The van der Waals surface area contributed by atoms with E-state index >= 15 is 0 Å². The second-order valence-electron chi connectivity index (χ2n) is 8.61. The highest BCUT2D eigenvalue weighted by Crippen LogP contribution is 2.35. The number of nitriles is 1. The van der Waals surface area contributed by atoms with Crippen molar-refractivity contribution < 1.29 is 9.90 Å². The van der Waals surface area contributed by atoms with E-state index in [1.807, 2.05) is 24.3 Å². The lowest BCUT2D eigenvalue weighted by molar-refractivity contribution is -0.142. The van der Waals surface area contributed by atoms with Gasteiger partial charge in [0.2, 0.25) is 5.95 Å². The lowest BCUT2D eigenvalue weighted by atomic mass is 9.80. The summed E-state index contributed by atoms with van der Waals surface area (Å²) < 4.78 is 0. The Kier molecular flexibility index (Phi) is 7.60. The third-order valence-electron chi connectivity index (χ3n) is 6.22. The molecule has 1 saturated carbocycles. The Bertz CT molecular complexity index is 1350. The van der Waals surface area contributed by atoms with Gasteiger partial charge in [0.05, 0.1) is 47.4 Å². The lowest BCUT2D eigenvalue weighted by Crippen LogP contribution is -2.21. The predicted octanol–water partition coefficient (Wildman–Crippen LogP) is 3.28. The molecule has 10 nitrogen and oxygen atoms in total. The van der Waals surface area contributed by atoms with Crippen molar-refractivity contribution in [3.05, 3.63) is 71.2 Å². The minimum atomic E-state index is -0.713. The second-order valence-corrected chi connectivity index (χ2v) is 8.61. The molecule has 0 amide bonds. The van der Waals surface area contributed by atoms with Crippen LogP contribution in [0.2, 0.25) is 0 Å². The standard InChI is InChI=1S/C26H26N8O2/c27-13-16-3-1-4-19(11-16)22-12-23(33-26(28)32-22)24(34-29)15-30-14-20-5-2-6-21(31-20)17-7-9-18(10-8-17)25(35)36/h1-6,11-12,15,17-18H,7-10,14,29H2,(H,35,36)(H2,28,32,33). The van der Waals surface area contributed by atoms with E-state index in [9.17, 15) is 15.2 Å². The van der Waals surface area contributed by atoms with Crippen molar-refractivity contribution in [2.45, 2.75) is 38.1 Å². The number of hydrazone groups is 1. The van der Waals surface area contributed by atoms with Gasteiger partial charge in [-0.05, 0) is 56.0 Å². The average molecular weight is 483 g/mol. The molecule has 0 unspecified atom stereocenters. The van der Waals surface area contributed by atoms with Crippen LogP contribution in [0.4, 0.5) is 5.95 Å². The fourth-order valence-electron chi connectivity index (χ4n) is 4.33. The smallest absolute Gasteiger partial charge is 0.306 e. The maximum absolute atomic E-state index is 11.2. The van der Waals surface area contributed by atoms with Crippen molar-refractivity contribution in [2.75, 3.05) is 5.73 Å². The largest absolute Gasteiger partial charge is 0.481 e. The molecule has 1 aliphatic rings. The number of aromatic nitrogens is 3. The number of nitrogens with zero attached hydrogens (tertiary/aromatic N) is 6. The maximum Gasteiger partial charge on any atom is 0.306 e. The summed E-state index contributed by atoms with van der Waals surface area (Å²) in [7, 11) is 0. The highest BCUT2D eigenvalue weighted by molar-refractivity contribution is 6.37. The number of aliphatic imine (C=N–C) groups is 1. The molecule has 0 bridgehead atoms. The zero-order chi connectivity index (χ0) is 25.5. The first-order valence-corrected chi connectivity index (χ1v) is 11.6. The number of benzene rings is 1. The molecule has 2 heterocycles. The molecule has 10 heteroatoms. The second kappa shape index (κ2) is 11.2. The topological polar surface area (TPSA) is 177 Å². The van der Waals surface area contributed by atoms with E-state index in [0.717, 1.165) is 29.8 Å². The monoisotopic (exact) mass is 482 g/mol. The van der Waals surface area contributed by atoms with E-state index < -0.39 is 5.97 Å². The van der Waals surface area contributed by atoms with Crippen LogP contribution in [0.25, 0.3) is 11.3 Å². The van der Waals surface area contributed by atoms with Gasteiger partial charge < -0.3 is 16.7 Å². The quantitative estimate of drug-likeness (QED) is 0.261. The van der Waals surface area contributed by atoms with Crippen LogP contribution in [-0.2, 0) is 11.3 Å². The number of pyridine rings is 1. The number of aliphatic carboxylic acids is 1. The number of anilines is 1. The summed E-state index contributed by atoms with van der Waals surface area (Å²) in [5.74, 6) is 4.95. The van der Waals surface area contributed by atoms with Gasteiger partial charge in [-0.3, -0.25) is 14.8 Å². The molecule has 182 valence electrons. The summed E-state index contributed by atoms with van der Waals surface area (Å²) in [5, 5.41) is 22.2. The molecule has 3 aromatic rings. The molecule has 4 rings (SSSR count). The first kappa shape index (κ1) is 24.5. The van der Waals surface area contributed by atoms with E-state index in [4.69, 9.17) is 16.6 Å². The SMILES string of the molecule is N#Cc1cccc(-c2cc(C(C=NCc3cccc(C4CCC(C(=O)O)CC4)n3)=NN)nc(N)n2)c1. The first-order chi connectivity index (χ1) is 17.5. The molecule has 0 radical (unpaired) electrons. The van der Waals surface area contributed by atoms with Crippen LogP contribution >= 0.6 is 0 Å². The van der Waals surface area contributed by atoms with Crippen molar-refractivity contribution in [2.24, 2.45) is 21.9 Å². The fourth-order valence-corrected chi connectivity index (χ4v) is 4.33. The molecule has 1 fully saturated rings. The average Bonchev–Trinajstić information content (AvgIpc) is 2.91. The van der Waals surface area contributed by atoms with Gasteiger partial charge >= 0.3 is 5.97 Å². The molecule has 2 aromatic heterocycles. The Morgan fingerprint density at radius 2 is 1.89 bits per heavy atom. The Labute approximate surface area is 208 Å². The van der Waals surface area contributed by atoms with Gasteiger partial charge in [0, 0.05) is 17.2 Å². The van der Waals surface area contributed by atoms with Crippen LogP contribution in [0, 0.1) is 17.2 Å². The number of carboxylic acid groups (broad SMARTS) is 1. The van der Waals surface area contributed by atoms with Crippen LogP contribution in [-0.4, -0.2) is 38.0 Å². The van der Waals surface area contributed by atoms with Crippen LogP contribution in [0.5, 0.6) is 0 Å². The van der Waals surface area contributed by atoms with E-state index in [0.29, 0.717) is 42.0 Å². The summed E-state index contributed by atoms with van der Waals surface area (Å²) in [6.45, 7) is 0.314. The first-order valence-electron chi connectivity index (χ1n) is 11.6. The van der Waals surface area contributed by atoms with Crippen molar-refractivity contribution in [1.29, 1.82) is 5.26 Å². The minimum absolute atomic E-state index is 0.0476. The number of hydrogen-bond donors (Lipinski definition) is 3. The Balaban J connectivity index is 1.47. The van der Waals surface area contributed by atoms with E-state index in [1.54, 1.807) is 24.3 Å². The van der Waals surface area contributed by atoms with Crippen molar-refractivity contribution in [3.63, 3.8) is 0 Å². The van der Waals surface area contributed by atoms with Crippen LogP contribution in [0.1, 0.15) is 54.2 Å². The van der Waals surface area contributed by atoms with Gasteiger partial charge in [0.1, 0.15) is 5.71 Å². The maximum atomic E-state index is 11.2. The highest BCUT2D eigenvalue weighted by atomic mass is 16.4. The lowest BCUT2D eigenvalue weighted by Gasteiger charge is -2.25. The van der Waals surface area contributed by atoms with Crippen molar-refractivity contribution >= 4 is 23.8 Å². The molecule has 0 saturated heterocycles. The normalized spacial score (nSPS) is 18.1. The molecule has 5 N–H and O–H groups in total. The molecular weight excluding hydrogens is 456 g/mol. The zero-order valence-electron chi connectivity index (χ0n) is 19.6. The van der Waals surface area contributed by atoms with Gasteiger partial charge in [-0.1, -0.05) is 18.2 Å². The summed E-state index contributed by atoms with van der Waals surface area (Å²) in [6.07, 6.45) is 4.49. The molecular formula is C26H26N8O2. The van der Waals surface area contributed by atoms with Crippen molar-refractivity contribution in [1.82, 2.24) is 15.0 Å². The summed E-state index contributed by atoms with van der Waals surface area (Å²) >= 11 is 0. The van der Waals surface area contributed by atoms with Gasteiger partial charge in [0.15, 0.2) is 0 Å². The van der Waals surface area contributed by atoms with Gasteiger partial charge in [-0.2, -0.15) is 10.4 Å². The summed E-state index contributed by atoms with van der Waals surface area (Å²) in [4.78, 5) is 28.9. The van der Waals surface area contributed by atoms with Crippen LogP contribution < -0.4 is 11.6 Å². The van der Waals surface area contributed by atoms with Gasteiger partial charge in [0.25, 0.3) is 0 Å². The summed E-state index contributed by atoms with van der Waals surface area (Å²) in [6, 6.07) is 16.6. The Morgan fingerprint density at radius 3 is 2.61 bits per heavy atom. The molecule has 1 aromatic carbocycles. The fraction of sp³-hybridized carbons (Fsp3) is 0.269. The van der Waals surface area contributed by atoms with E-state index in [1.165, 1.54) is 6.21 Å². The molecule has 36 heavy (non-hydrogen) atoms. The number of rotatable bonds is 7. The Hall–Kier alpha value is -4.65. The van der Waals surface area contributed by atoms with E-state index in [2.05, 4.69) is 26.1 Å². The highest BCUT2D eigenvalue weighted by Gasteiger charge is 2.27. The Morgan fingerprint density at radius 1 is 1.11 bits per heavy atom. The predicted molar refractivity (Wildman–Crippen MR) is 136 cm³/mol. The van der Waals surface area contributed by atoms with Gasteiger partial charge in [-0.25, -0.2) is 9.97 Å². The molecule has 0 aliphatic heterocycles.